The maximum atomic E-state index is 11.8. The number of methoxy groups -OCH3 is 1. The monoisotopic (exact) mass is 309 g/mol. The number of hydrogen-bond donors (Lipinski definition) is 0. The molecule has 0 fully saturated rings. The van der Waals surface area contributed by atoms with E-state index >= 15 is 0 Å². The Morgan fingerprint density at radius 3 is 2.50 bits per heavy atom. The number of allylic oxidation sites excluding steroid dienone is 1. The van der Waals surface area contributed by atoms with Gasteiger partial charge in [0.05, 0.1) is 13.7 Å². The average Bonchev–Trinajstić information content (AvgIpc) is 2.65. The second-order valence-corrected chi connectivity index (χ2v) is 4.85. The molecule has 1 aliphatic rings. The summed E-state index contributed by atoms with van der Waals surface area (Å²) >= 11 is 3.36. The van der Waals surface area contributed by atoms with Crippen LogP contribution >= 0.6 is 15.9 Å². The van der Waals surface area contributed by atoms with E-state index in [1.54, 1.807) is 11.8 Å². The highest BCUT2D eigenvalue weighted by molar-refractivity contribution is 9.10. The van der Waals surface area contributed by atoms with Crippen molar-refractivity contribution in [3.05, 3.63) is 40.0 Å². The lowest BCUT2D eigenvalue weighted by atomic mass is 10.2. The van der Waals surface area contributed by atoms with E-state index in [1.807, 2.05) is 24.3 Å². The molecule has 1 heterocycles. The Labute approximate surface area is 113 Å². The van der Waals surface area contributed by atoms with E-state index in [0.29, 0.717) is 5.70 Å². The topological polar surface area (TPSA) is 46.6 Å². The molecule has 94 valence electrons. The number of ketones is 1. The van der Waals surface area contributed by atoms with Crippen LogP contribution < -0.4 is 4.90 Å². The van der Waals surface area contributed by atoms with Gasteiger partial charge in [-0.1, -0.05) is 15.9 Å². The van der Waals surface area contributed by atoms with Crippen LogP contribution in [-0.4, -0.2) is 25.4 Å². The van der Waals surface area contributed by atoms with E-state index in [2.05, 4.69) is 20.7 Å². The van der Waals surface area contributed by atoms with Crippen LogP contribution in [0, 0.1) is 0 Å². The molecule has 4 nitrogen and oxygen atoms in total. The molecule has 0 radical (unpaired) electrons. The number of rotatable bonds is 2. The summed E-state index contributed by atoms with van der Waals surface area (Å²) in [5, 5.41) is 0. The van der Waals surface area contributed by atoms with Crippen LogP contribution in [-0.2, 0) is 14.3 Å². The number of ether oxygens (including phenoxy) is 1. The van der Waals surface area contributed by atoms with E-state index in [0.717, 1.165) is 10.2 Å². The third kappa shape index (κ3) is 2.18. The number of hydrogen-bond acceptors (Lipinski definition) is 4. The highest BCUT2D eigenvalue weighted by Gasteiger charge is 2.33. The van der Waals surface area contributed by atoms with Gasteiger partial charge in [0.15, 0.2) is 5.78 Å². The van der Waals surface area contributed by atoms with Gasteiger partial charge < -0.3 is 9.64 Å². The van der Waals surface area contributed by atoms with Gasteiger partial charge in [-0.15, -0.1) is 0 Å². The van der Waals surface area contributed by atoms with Crippen molar-refractivity contribution in [1.82, 2.24) is 0 Å². The summed E-state index contributed by atoms with van der Waals surface area (Å²) in [7, 11) is 1.28. The number of nitrogens with zero attached hydrogens (tertiary/aromatic N) is 1. The third-order valence-electron chi connectivity index (χ3n) is 2.88. The molecule has 5 heteroatoms. The first-order valence-corrected chi connectivity index (χ1v) is 6.19. The van der Waals surface area contributed by atoms with Gasteiger partial charge in [-0.3, -0.25) is 4.79 Å². The zero-order valence-corrected chi connectivity index (χ0v) is 11.7. The van der Waals surface area contributed by atoms with Crippen molar-refractivity contribution in [3.63, 3.8) is 0 Å². The van der Waals surface area contributed by atoms with Crippen LogP contribution in [0.15, 0.2) is 40.0 Å². The Balaban J connectivity index is 2.38. The van der Waals surface area contributed by atoms with Crippen molar-refractivity contribution in [2.24, 2.45) is 0 Å². The number of benzene rings is 1. The number of carbonyl (C=O) groups is 2. The minimum Gasteiger partial charge on any atom is -0.465 e. The molecule has 2 rings (SSSR count). The summed E-state index contributed by atoms with van der Waals surface area (Å²) < 4.78 is 5.59. The first-order chi connectivity index (χ1) is 8.54. The minimum absolute atomic E-state index is 0.139. The lowest BCUT2D eigenvalue weighted by Crippen LogP contribution is -2.20. The summed E-state index contributed by atoms with van der Waals surface area (Å²) in [6, 6.07) is 7.56. The lowest BCUT2D eigenvalue weighted by Gasteiger charge is -2.19. The molecule has 0 saturated heterocycles. The molecular formula is C13H12BrNO3. The number of esters is 1. The molecule has 0 saturated carbocycles. The Bertz CT molecular complexity index is 534. The van der Waals surface area contributed by atoms with Gasteiger partial charge in [-0.05, 0) is 31.2 Å². The zero-order chi connectivity index (χ0) is 13.3. The summed E-state index contributed by atoms with van der Waals surface area (Å²) in [6.07, 6.45) is 0. The second kappa shape index (κ2) is 4.94. The van der Waals surface area contributed by atoms with Crippen molar-refractivity contribution in [2.75, 3.05) is 18.6 Å². The van der Waals surface area contributed by atoms with Crippen LogP contribution in [0.2, 0.25) is 0 Å². The molecule has 18 heavy (non-hydrogen) atoms. The van der Waals surface area contributed by atoms with Crippen molar-refractivity contribution in [1.29, 1.82) is 0 Å². The van der Waals surface area contributed by atoms with Gasteiger partial charge in [0.25, 0.3) is 0 Å². The van der Waals surface area contributed by atoms with Crippen LogP contribution in [0.4, 0.5) is 5.69 Å². The van der Waals surface area contributed by atoms with Gasteiger partial charge in [0, 0.05) is 15.9 Å². The lowest BCUT2D eigenvalue weighted by molar-refractivity contribution is -0.137. The van der Waals surface area contributed by atoms with Gasteiger partial charge in [-0.25, -0.2) is 4.79 Å². The first-order valence-electron chi connectivity index (χ1n) is 5.40. The van der Waals surface area contributed by atoms with E-state index in [-0.39, 0.29) is 17.9 Å². The number of anilines is 1. The smallest absolute Gasteiger partial charge is 0.343 e. The maximum Gasteiger partial charge on any atom is 0.343 e. The summed E-state index contributed by atoms with van der Waals surface area (Å²) in [4.78, 5) is 25.2. The average molecular weight is 310 g/mol. The number of halogens is 1. The molecule has 0 spiro atoms. The van der Waals surface area contributed by atoms with E-state index in [9.17, 15) is 9.59 Å². The second-order valence-electron chi connectivity index (χ2n) is 3.94. The highest BCUT2D eigenvalue weighted by atomic mass is 79.9. The van der Waals surface area contributed by atoms with Crippen molar-refractivity contribution < 1.29 is 14.3 Å². The largest absolute Gasteiger partial charge is 0.465 e. The molecule has 0 aliphatic carbocycles. The van der Waals surface area contributed by atoms with Gasteiger partial charge in [0.1, 0.15) is 5.57 Å². The predicted molar refractivity (Wildman–Crippen MR) is 71.2 cm³/mol. The molecule has 1 aromatic rings. The Morgan fingerprint density at radius 2 is 1.94 bits per heavy atom. The molecule has 0 N–H and O–H groups in total. The van der Waals surface area contributed by atoms with Crippen LogP contribution in [0.3, 0.4) is 0 Å². The molecule has 1 aromatic carbocycles. The molecular weight excluding hydrogens is 298 g/mol. The first kappa shape index (κ1) is 12.8. The molecule has 0 amide bonds. The Hall–Kier alpha value is -1.62. The van der Waals surface area contributed by atoms with E-state index < -0.39 is 5.97 Å². The highest BCUT2D eigenvalue weighted by Crippen LogP contribution is 2.28. The SMILES string of the molecule is COC(=O)C1=C(C)N(c2ccc(Br)cc2)CC1=O. The molecule has 0 aromatic heterocycles. The Kier molecular flexibility index (Phi) is 3.52. The summed E-state index contributed by atoms with van der Waals surface area (Å²) in [6.45, 7) is 1.93. The van der Waals surface area contributed by atoms with Crippen molar-refractivity contribution in [2.45, 2.75) is 6.92 Å². The van der Waals surface area contributed by atoms with Crippen LogP contribution in [0.5, 0.6) is 0 Å². The Morgan fingerprint density at radius 1 is 1.33 bits per heavy atom. The quantitative estimate of drug-likeness (QED) is 0.621. The standard InChI is InChI=1S/C13H12BrNO3/c1-8-12(13(17)18-2)11(16)7-15(8)10-5-3-9(14)4-6-10/h3-6H,7H2,1-2H3. The summed E-state index contributed by atoms with van der Waals surface area (Å²) in [5.74, 6) is -0.778. The van der Waals surface area contributed by atoms with E-state index in [1.165, 1.54) is 7.11 Å². The van der Waals surface area contributed by atoms with Gasteiger partial charge in [0.2, 0.25) is 0 Å². The van der Waals surface area contributed by atoms with Crippen LogP contribution in [0.25, 0.3) is 0 Å². The van der Waals surface area contributed by atoms with Gasteiger partial charge in [-0.2, -0.15) is 0 Å². The maximum absolute atomic E-state index is 11.8. The van der Waals surface area contributed by atoms with Crippen molar-refractivity contribution in [3.8, 4) is 0 Å². The van der Waals surface area contributed by atoms with E-state index in [4.69, 9.17) is 0 Å². The third-order valence-corrected chi connectivity index (χ3v) is 3.40. The fourth-order valence-corrected chi connectivity index (χ4v) is 2.21. The normalized spacial score (nSPS) is 15.3. The van der Waals surface area contributed by atoms with Crippen molar-refractivity contribution >= 4 is 33.4 Å². The summed E-state index contributed by atoms with van der Waals surface area (Å²) in [5.41, 5.74) is 1.65. The molecule has 0 atom stereocenters. The van der Waals surface area contributed by atoms with Gasteiger partial charge >= 0.3 is 5.97 Å². The predicted octanol–water partition coefficient (Wildman–Crippen LogP) is 2.29. The van der Waals surface area contributed by atoms with Crippen LogP contribution in [0.1, 0.15) is 6.92 Å². The zero-order valence-electron chi connectivity index (χ0n) is 10.1. The molecule has 1 aliphatic heterocycles. The number of carbonyl (C=O) groups excluding carboxylic acids is 2. The minimum atomic E-state index is -0.572. The molecule has 0 bridgehead atoms. The molecule has 0 unspecified atom stereocenters. The fraction of sp³-hybridized carbons (Fsp3) is 0.231. The number of Topliss-reactive ketones (excluding diaryl/α,β-unsaturated/α-hetero) is 1. The fourth-order valence-electron chi connectivity index (χ4n) is 1.95.